The minimum atomic E-state index is 0.351. The van der Waals surface area contributed by atoms with Gasteiger partial charge in [0.2, 0.25) is 0 Å². The number of nitrogens with one attached hydrogen (secondary N) is 1. The van der Waals surface area contributed by atoms with Gasteiger partial charge in [0.1, 0.15) is 10.8 Å². The predicted octanol–water partition coefficient (Wildman–Crippen LogP) is 3.83. The number of pyridine rings is 1. The second-order valence-electron chi connectivity index (χ2n) is 3.55. The first-order valence-corrected chi connectivity index (χ1v) is 7.32. The van der Waals surface area contributed by atoms with Crippen molar-refractivity contribution >= 4 is 67.2 Å². The number of halogens is 2. The SMILES string of the molecule is NC(=S)c1ccc(Nc2cc(I)ccc2Br)nc1. The second kappa shape index (κ2) is 5.94. The third kappa shape index (κ3) is 3.39. The Kier molecular flexibility index (Phi) is 4.52. The highest BCUT2D eigenvalue weighted by molar-refractivity contribution is 14.1. The highest BCUT2D eigenvalue weighted by Gasteiger charge is 2.03. The zero-order valence-corrected chi connectivity index (χ0v) is 13.7. The molecule has 18 heavy (non-hydrogen) atoms. The number of rotatable bonds is 3. The maximum absolute atomic E-state index is 5.52. The first-order valence-electron chi connectivity index (χ1n) is 5.04. The van der Waals surface area contributed by atoms with Gasteiger partial charge in [-0.3, -0.25) is 0 Å². The van der Waals surface area contributed by atoms with E-state index in [1.165, 1.54) is 0 Å². The summed E-state index contributed by atoms with van der Waals surface area (Å²) in [6.07, 6.45) is 1.66. The van der Waals surface area contributed by atoms with Gasteiger partial charge in [-0.2, -0.15) is 0 Å². The summed E-state index contributed by atoms with van der Waals surface area (Å²) in [4.78, 5) is 4.62. The molecule has 0 aliphatic rings. The summed E-state index contributed by atoms with van der Waals surface area (Å²) in [6, 6.07) is 9.75. The Bertz CT molecular complexity index is 586. The molecule has 0 aliphatic heterocycles. The topological polar surface area (TPSA) is 50.9 Å². The van der Waals surface area contributed by atoms with E-state index in [9.17, 15) is 0 Å². The van der Waals surface area contributed by atoms with Gasteiger partial charge < -0.3 is 11.1 Å². The molecule has 0 unspecified atom stereocenters. The van der Waals surface area contributed by atoms with Crippen molar-refractivity contribution in [3.8, 4) is 0 Å². The molecule has 0 atom stereocenters. The van der Waals surface area contributed by atoms with E-state index in [0.717, 1.165) is 25.1 Å². The van der Waals surface area contributed by atoms with E-state index in [-0.39, 0.29) is 0 Å². The van der Waals surface area contributed by atoms with Crippen LogP contribution >= 0.6 is 50.7 Å². The molecule has 0 saturated heterocycles. The second-order valence-corrected chi connectivity index (χ2v) is 6.09. The monoisotopic (exact) mass is 433 g/mol. The Hall–Kier alpha value is -0.730. The summed E-state index contributed by atoms with van der Waals surface area (Å²) < 4.78 is 2.14. The van der Waals surface area contributed by atoms with Crippen molar-refractivity contribution < 1.29 is 0 Å². The van der Waals surface area contributed by atoms with Crippen LogP contribution < -0.4 is 11.1 Å². The Morgan fingerprint density at radius 1 is 1.33 bits per heavy atom. The van der Waals surface area contributed by atoms with Gasteiger partial charge >= 0.3 is 0 Å². The summed E-state index contributed by atoms with van der Waals surface area (Å²) in [5.74, 6) is 0.748. The zero-order valence-electron chi connectivity index (χ0n) is 9.15. The van der Waals surface area contributed by atoms with E-state index in [2.05, 4.69) is 48.8 Å². The summed E-state index contributed by atoms with van der Waals surface area (Å²) in [5, 5.41) is 3.23. The fraction of sp³-hybridized carbons (Fsp3) is 0. The molecule has 3 nitrogen and oxygen atoms in total. The third-order valence-corrected chi connectivity index (χ3v) is 3.84. The molecular weight excluding hydrogens is 425 g/mol. The molecule has 1 aromatic heterocycles. The minimum absolute atomic E-state index is 0.351. The molecule has 0 aliphatic carbocycles. The molecule has 0 spiro atoms. The average molecular weight is 434 g/mol. The fourth-order valence-electron chi connectivity index (χ4n) is 1.34. The van der Waals surface area contributed by atoms with Crippen LogP contribution in [0.1, 0.15) is 5.56 Å². The standard InChI is InChI=1S/C12H9BrIN3S/c13-9-3-2-8(14)5-10(9)17-11-4-1-7(6-16-11)12(15)18/h1-6H,(H2,15,18)(H,16,17). The van der Waals surface area contributed by atoms with Crippen molar-refractivity contribution in [1.82, 2.24) is 4.98 Å². The zero-order chi connectivity index (χ0) is 13.1. The molecule has 1 heterocycles. The number of nitrogens with zero attached hydrogens (tertiary/aromatic N) is 1. The number of benzene rings is 1. The van der Waals surface area contributed by atoms with Crippen molar-refractivity contribution in [1.29, 1.82) is 0 Å². The Morgan fingerprint density at radius 2 is 2.11 bits per heavy atom. The van der Waals surface area contributed by atoms with Crippen LogP contribution in [-0.4, -0.2) is 9.97 Å². The molecular formula is C12H9BrIN3S. The van der Waals surface area contributed by atoms with Crippen LogP contribution in [0.25, 0.3) is 0 Å². The van der Waals surface area contributed by atoms with Gasteiger partial charge in [-0.05, 0) is 68.9 Å². The normalized spacial score (nSPS) is 10.1. The molecule has 0 saturated carbocycles. The summed E-state index contributed by atoms with van der Waals surface area (Å²) in [7, 11) is 0. The summed E-state index contributed by atoms with van der Waals surface area (Å²) >= 11 is 10.6. The molecule has 6 heteroatoms. The predicted molar refractivity (Wildman–Crippen MR) is 90.3 cm³/mol. The molecule has 0 fully saturated rings. The lowest BCUT2D eigenvalue weighted by molar-refractivity contribution is 1.29. The van der Waals surface area contributed by atoms with E-state index in [4.69, 9.17) is 18.0 Å². The van der Waals surface area contributed by atoms with Gasteiger partial charge in [0.15, 0.2) is 0 Å². The Labute approximate surface area is 132 Å². The molecule has 2 rings (SSSR count). The highest BCUT2D eigenvalue weighted by Crippen LogP contribution is 2.26. The molecule has 1 aromatic carbocycles. The van der Waals surface area contributed by atoms with E-state index in [1.807, 2.05) is 30.3 Å². The lowest BCUT2D eigenvalue weighted by Crippen LogP contribution is -2.09. The van der Waals surface area contributed by atoms with Crippen LogP contribution in [0, 0.1) is 3.57 Å². The van der Waals surface area contributed by atoms with Gasteiger partial charge in [0.05, 0.1) is 5.69 Å². The number of hydrogen-bond acceptors (Lipinski definition) is 3. The molecule has 2 aromatic rings. The van der Waals surface area contributed by atoms with Crippen LogP contribution in [0.5, 0.6) is 0 Å². The lowest BCUT2D eigenvalue weighted by Gasteiger charge is -2.08. The van der Waals surface area contributed by atoms with Crippen molar-refractivity contribution in [2.24, 2.45) is 5.73 Å². The van der Waals surface area contributed by atoms with Crippen molar-refractivity contribution in [2.75, 3.05) is 5.32 Å². The quantitative estimate of drug-likeness (QED) is 0.570. The molecule has 92 valence electrons. The number of nitrogens with two attached hydrogens (primary N) is 1. The smallest absolute Gasteiger partial charge is 0.130 e. The summed E-state index contributed by atoms with van der Waals surface area (Å²) in [6.45, 7) is 0. The molecule has 3 N–H and O–H groups in total. The number of aromatic nitrogens is 1. The van der Waals surface area contributed by atoms with Gasteiger partial charge in [0.25, 0.3) is 0 Å². The van der Waals surface area contributed by atoms with Crippen LogP contribution in [0.15, 0.2) is 41.0 Å². The minimum Gasteiger partial charge on any atom is -0.389 e. The summed E-state index contributed by atoms with van der Waals surface area (Å²) in [5.41, 5.74) is 7.25. The van der Waals surface area contributed by atoms with Crippen LogP contribution in [-0.2, 0) is 0 Å². The maximum Gasteiger partial charge on any atom is 0.130 e. The Balaban J connectivity index is 2.23. The maximum atomic E-state index is 5.52. The van der Waals surface area contributed by atoms with E-state index < -0.39 is 0 Å². The third-order valence-electron chi connectivity index (χ3n) is 2.24. The van der Waals surface area contributed by atoms with E-state index >= 15 is 0 Å². The van der Waals surface area contributed by atoms with Gasteiger partial charge in [0, 0.05) is 19.8 Å². The Morgan fingerprint density at radius 3 is 2.72 bits per heavy atom. The number of anilines is 2. The number of thiocarbonyl (C=S) groups is 1. The van der Waals surface area contributed by atoms with E-state index in [1.54, 1.807) is 6.20 Å². The van der Waals surface area contributed by atoms with Crippen molar-refractivity contribution in [2.45, 2.75) is 0 Å². The van der Waals surface area contributed by atoms with Crippen molar-refractivity contribution in [3.05, 3.63) is 50.1 Å². The fourth-order valence-corrected chi connectivity index (χ4v) is 2.30. The lowest BCUT2D eigenvalue weighted by atomic mass is 10.3. The largest absolute Gasteiger partial charge is 0.389 e. The van der Waals surface area contributed by atoms with Gasteiger partial charge in [-0.15, -0.1) is 0 Å². The molecule has 0 bridgehead atoms. The first kappa shape index (κ1) is 13.7. The average Bonchev–Trinajstić information content (AvgIpc) is 2.34. The van der Waals surface area contributed by atoms with Crippen molar-refractivity contribution in [3.63, 3.8) is 0 Å². The number of hydrogen-bond donors (Lipinski definition) is 2. The van der Waals surface area contributed by atoms with Crippen LogP contribution in [0.2, 0.25) is 0 Å². The van der Waals surface area contributed by atoms with Crippen LogP contribution in [0.3, 0.4) is 0 Å². The molecule has 0 radical (unpaired) electrons. The highest BCUT2D eigenvalue weighted by atomic mass is 127. The van der Waals surface area contributed by atoms with Crippen LogP contribution in [0.4, 0.5) is 11.5 Å². The molecule has 0 amide bonds. The van der Waals surface area contributed by atoms with E-state index in [0.29, 0.717) is 4.99 Å². The van der Waals surface area contributed by atoms with Gasteiger partial charge in [-0.25, -0.2) is 4.98 Å². The first-order chi connectivity index (χ1) is 8.56. The van der Waals surface area contributed by atoms with Gasteiger partial charge in [-0.1, -0.05) is 12.2 Å².